The Morgan fingerprint density at radius 3 is 2.33 bits per heavy atom. The summed E-state index contributed by atoms with van der Waals surface area (Å²) in [6, 6.07) is 7.67. The lowest BCUT2D eigenvalue weighted by atomic mass is 9.96. The average molecular weight is 291 g/mol. The summed E-state index contributed by atoms with van der Waals surface area (Å²) >= 11 is 0. The van der Waals surface area contributed by atoms with E-state index in [9.17, 15) is 8.78 Å². The molecule has 0 aliphatic carbocycles. The lowest BCUT2D eigenvalue weighted by Crippen LogP contribution is -2.19. The summed E-state index contributed by atoms with van der Waals surface area (Å²) in [7, 11) is 3.31. The highest BCUT2D eigenvalue weighted by Crippen LogP contribution is 2.29. The Morgan fingerprint density at radius 2 is 1.71 bits per heavy atom. The van der Waals surface area contributed by atoms with Crippen LogP contribution in [0.1, 0.15) is 28.3 Å². The molecule has 0 aromatic heterocycles. The Morgan fingerprint density at radius 1 is 1.00 bits per heavy atom. The van der Waals surface area contributed by atoms with Gasteiger partial charge in [0.1, 0.15) is 17.4 Å². The predicted molar refractivity (Wildman–Crippen MR) is 79.7 cm³/mol. The molecule has 1 N–H and O–H groups in total. The summed E-state index contributed by atoms with van der Waals surface area (Å²) in [5.74, 6) is -0.112. The van der Waals surface area contributed by atoms with Crippen LogP contribution in [0.25, 0.3) is 0 Å². The zero-order chi connectivity index (χ0) is 15.6. The quantitative estimate of drug-likeness (QED) is 0.922. The summed E-state index contributed by atoms with van der Waals surface area (Å²) < 4.78 is 33.2. The number of hydrogen-bond donors (Lipinski definition) is 1. The third-order valence-electron chi connectivity index (χ3n) is 3.64. The molecule has 0 bridgehead atoms. The molecule has 0 radical (unpaired) electrons. The van der Waals surface area contributed by atoms with Crippen molar-refractivity contribution in [2.75, 3.05) is 14.2 Å². The van der Waals surface area contributed by atoms with E-state index in [0.717, 1.165) is 16.9 Å². The monoisotopic (exact) mass is 291 g/mol. The van der Waals surface area contributed by atoms with Crippen molar-refractivity contribution in [3.8, 4) is 5.75 Å². The standard InChI is InChI=1S/C17H19F2NO/c1-10-5-6-12(8-16(10)21-4)17(20-3)13-9-14(18)11(2)7-15(13)19/h5-9,17,20H,1-4H3. The number of rotatable bonds is 4. The van der Waals surface area contributed by atoms with Crippen LogP contribution in [-0.4, -0.2) is 14.2 Å². The van der Waals surface area contributed by atoms with Gasteiger partial charge in [-0.25, -0.2) is 8.78 Å². The zero-order valence-electron chi connectivity index (χ0n) is 12.6. The molecule has 0 aliphatic heterocycles. The van der Waals surface area contributed by atoms with Crippen molar-refractivity contribution in [2.45, 2.75) is 19.9 Å². The van der Waals surface area contributed by atoms with Gasteiger partial charge in [0, 0.05) is 5.56 Å². The highest BCUT2D eigenvalue weighted by atomic mass is 19.1. The maximum atomic E-state index is 14.2. The van der Waals surface area contributed by atoms with E-state index in [0.29, 0.717) is 5.56 Å². The third kappa shape index (κ3) is 3.05. The first-order valence-corrected chi connectivity index (χ1v) is 6.75. The molecule has 1 unspecified atom stereocenters. The molecule has 2 nitrogen and oxygen atoms in total. The van der Waals surface area contributed by atoms with E-state index in [1.165, 1.54) is 12.1 Å². The SMILES string of the molecule is CNC(c1ccc(C)c(OC)c1)c1cc(F)c(C)cc1F. The average Bonchev–Trinajstić information content (AvgIpc) is 2.46. The van der Waals surface area contributed by atoms with Crippen LogP contribution < -0.4 is 10.1 Å². The first-order chi connectivity index (χ1) is 9.97. The Hall–Kier alpha value is -1.94. The molecule has 0 saturated carbocycles. The molecule has 112 valence electrons. The molecule has 2 aromatic rings. The first-order valence-electron chi connectivity index (χ1n) is 6.75. The van der Waals surface area contributed by atoms with E-state index in [-0.39, 0.29) is 5.56 Å². The van der Waals surface area contributed by atoms with Crippen LogP contribution in [0.5, 0.6) is 5.75 Å². The normalized spacial score (nSPS) is 12.3. The van der Waals surface area contributed by atoms with Crippen molar-refractivity contribution in [2.24, 2.45) is 0 Å². The smallest absolute Gasteiger partial charge is 0.128 e. The van der Waals surface area contributed by atoms with Crippen molar-refractivity contribution in [1.29, 1.82) is 0 Å². The van der Waals surface area contributed by atoms with Crippen LogP contribution in [0, 0.1) is 25.5 Å². The van der Waals surface area contributed by atoms with Gasteiger partial charge in [0.05, 0.1) is 13.2 Å². The molecule has 4 heteroatoms. The van der Waals surface area contributed by atoms with Gasteiger partial charge in [-0.1, -0.05) is 12.1 Å². The summed E-state index contributed by atoms with van der Waals surface area (Å²) in [5.41, 5.74) is 2.40. The maximum absolute atomic E-state index is 14.2. The zero-order valence-corrected chi connectivity index (χ0v) is 12.6. The lowest BCUT2D eigenvalue weighted by molar-refractivity contribution is 0.410. The molecule has 0 spiro atoms. The van der Waals surface area contributed by atoms with E-state index in [2.05, 4.69) is 5.32 Å². The molecule has 0 amide bonds. The van der Waals surface area contributed by atoms with Crippen molar-refractivity contribution in [3.05, 3.63) is 64.2 Å². The van der Waals surface area contributed by atoms with E-state index >= 15 is 0 Å². The fourth-order valence-electron chi connectivity index (χ4n) is 2.40. The number of methoxy groups -OCH3 is 1. The Kier molecular flexibility index (Phi) is 4.58. The molecule has 0 aliphatic rings. The van der Waals surface area contributed by atoms with Crippen molar-refractivity contribution in [1.82, 2.24) is 5.32 Å². The minimum atomic E-state index is -0.436. The van der Waals surface area contributed by atoms with Gasteiger partial charge in [0.25, 0.3) is 0 Å². The van der Waals surface area contributed by atoms with Gasteiger partial charge in [-0.3, -0.25) is 0 Å². The molecule has 0 heterocycles. The maximum Gasteiger partial charge on any atom is 0.128 e. The fraction of sp³-hybridized carbons (Fsp3) is 0.294. The second-order valence-corrected chi connectivity index (χ2v) is 5.07. The molecular weight excluding hydrogens is 272 g/mol. The Bertz CT molecular complexity index is 655. The molecule has 2 rings (SSSR count). The first kappa shape index (κ1) is 15.4. The highest BCUT2D eigenvalue weighted by molar-refractivity contribution is 5.42. The van der Waals surface area contributed by atoms with E-state index in [1.54, 1.807) is 21.1 Å². The summed E-state index contributed by atoms with van der Waals surface area (Å²) in [6.45, 7) is 3.48. The van der Waals surface area contributed by atoms with Gasteiger partial charge >= 0.3 is 0 Å². The van der Waals surface area contributed by atoms with E-state index < -0.39 is 17.7 Å². The number of ether oxygens (including phenoxy) is 1. The van der Waals surface area contributed by atoms with Crippen molar-refractivity contribution in [3.63, 3.8) is 0 Å². The largest absolute Gasteiger partial charge is 0.496 e. The minimum Gasteiger partial charge on any atom is -0.496 e. The summed E-state index contributed by atoms with van der Waals surface area (Å²) in [6.07, 6.45) is 0. The van der Waals surface area contributed by atoms with Crippen LogP contribution in [-0.2, 0) is 0 Å². The number of nitrogens with one attached hydrogen (secondary N) is 1. The summed E-state index contributed by atoms with van der Waals surface area (Å²) in [5, 5.41) is 3.03. The van der Waals surface area contributed by atoms with Crippen LogP contribution in [0.4, 0.5) is 8.78 Å². The van der Waals surface area contributed by atoms with Crippen LogP contribution in [0.2, 0.25) is 0 Å². The molecule has 21 heavy (non-hydrogen) atoms. The van der Waals surface area contributed by atoms with Gasteiger partial charge in [-0.2, -0.15) is 0 Å². The van der Waals surface area contributed by atoms with Gasteiger partial charge in [0.2, 0.25) is 0 Å². The second kappa shape index (κ2) is 6.22. The van der Waals surface area contributed by atoms with Gasteiger partial charge in [0.15, 0.2) is 0 Å². The van der Waals surface area contributed by atoms with Crippen molar-refractivity contribution < 1.29 is 13.5 Å². The van der Waals surface area contributed by atoms with E-state index in [1.807, 2.05) is 25.1 Å². The number of halogens is 2. The van der Waals surface area contributed by atoms with Crippen LogP contribution >= 0.6 is 0 Å². The summed E-state index contributed by atoms with van der Waals surface area (Å²) in [4.78, 5) is 0. The molecule has 2 aromatic carbocycles. The number of benzene rings is 2. The topological polar surface area (TPSA) is 21.3 Å². The highest BCUT2D eigenvalue weighted by Gasteiger charge is 2.19. The molecule has 0 saturated heterocycles. The second-order valence-electron chi connectivity index (χ2n) is 5.07. The van der Waals surface area contributed by atoms with Crippen molar-refractivity contribution >= 4 is 0 Å². The Labute approximate surface area is 123 Å². The predicted octanol–water partition coefficient (Wildman–Crippen LogP) is 3.90. The van der Waals surface area contributed by atoms with Crippen LogP contribution in [0.15, 0.2) is 30.3 Å². The minimum absolute atomic E-state index is 0.284. The van der Waals surface area contributed by atoms with Gasteiger partial charge in [-0.05, 0) is 55.8 Å². The molecule has 1 atom stereocenters. The van der Waals surface area contributed by atoms with Crippen LogP contribution in [0.3, 0.4) is 0 Å². The number of hydrogen-bond acceptors (Lipinski definition) is 2. The lowest BCUT2D eigenvalue weighted by Gasteiger charge is -2.20. The van der Waals surface area contributed by atoms with E-state index in [4.69, 9.17) is 4.74 Å². The van der Waals surface area contributed by atoms with Gasteiger partial charge < -0.3 is 10.1 Å². The molecule has 0 fully saturated rings. The molecular formula is C17H19F2NO. The van der Waals surface area contributed by atoms with Gasteiger partial charge in [-0.15, -0.1) is 0 Å². The third-order valence-corrected chi connectivity index (χ3v) is 3.64. The Balaban J connectivity index is 2.52. The fourth-order valence-corrected chi connectivity index (χ4v) is 2.40. The number of aryl methyl sites for hydroxylation is 2.